The van der Waals surface area contributed by atoms with E-state index in [9.17, 15) is 0 Å². The van der Waals surface area contributed by atoms with Gasteiger partial charge in [0.15, 0.2) is 0 Å². The summed E-state index contributed by atoms with van der Waals surface area (Å²) >= 11 is 1.68. The molecule has 0 radical (unpaired) electrons. The maximum atomic E-state index is 4.50. The fourth-order valence-corrected chi connectivity index (χ4v) is 2.37. The summed E-state index contributed by atoms with van der Waals surface area (Å²) in [6, 6.07) is 0. The van der Waals surface area contributed by atoms with Crippen molar-refractivity contribution in [3.05, 3.63) is 27.7 Å². The second kappa shape index (κ2) is 4.22. The molecule has 0 fully saturated rings. The molecule has 0 saturated heterocycles. The standard InChI is InChI=1S/C12H18N4S/c1-8-13-11(16(15-8)12(3,4)5)6-10-7-17-9(2)14-10/h7H,6H2,1-5H3. The SMILES string of the molecule is Cc1nc(Cc2csc(C)n2)n(C(C)(C)C)n1. The number of nitrogens with zero attached hydrogens (tertiary/aromatic N) is 4. The van der Waals surface area contributed by atoms with E-state index in [1.54, 1.807) is 11.3 Å². The maximum Gasteiger partial charge on any atom is 0.147 e. The Morgan fingerprint density at radius 2 is 1.94 bits per heavy atom. The Morgan fingerprint density at radius 3 is 2.47 bits per heavy atom. The molecule has 2 aromatic heterocycles. The van der Waals surface area contributed by atoms with E-state index in [0.717, 1.165) is 28.8 Å². The van der Waals surface area contributed by atoms with Crippen LogP contribution in [0.2, 0.25) is 0 Å². The highest BCUT2D eigenvalue weighted by Gasteiger charge is 2.20. The van der Waals surface area contributed by atoms with Crippen LogP contribution in [0.3, 0.4) is 0 Å². The van der Waals surface area contributed by atoms with Crippen molar-refractivity contribution < 1.29 is 0 Å². The van der Waals surface area contributed by atoms with Gasteiger partial charge in [-0.2, -0.15) is 5.10 Å². The Bertz CT molecular complexity index is 519. The van der Waals surface area contributed by atoms with E-state index < -0.39 is 0 Å². The Hall–Kier alpha value is -1.23. The summed E-state index contributed by atoms with van der Waals surface area (Å²) in [7, 11) is 0. The highest BCUT2D eigenvalue weighted by atomic mass is 32.1. The molecule has 0 aliphatic heterocycles. The van der Waals surface area contributed by atoms with E-state index in [1.807, 2.05) is 18.5 Å². The highest BCUT2D eigenvalue weighted by molar-refractivity contribution is 7.09. The van der Waals surface area contributed by atoms with Crippen LogP contribution in [0.15, 0.2) is 5.38 Å². The van der Waals surface area contributed by atoms with Gasteiger partial charge < -0.3 is 0 Å². The third-order valence-electron chi connectivity index (χ3n) is 2.42. The molecule has 92 valence electrons. The van der Waals surface area contributed by atoms with E-state index in [-0.39, 0.29) is 5.54 Å². The molecule has 0 N–H and O–H groups in total. The summed E-state index contributed by atoms with van der Waals surface area (Å²) in [5, 5.41) is 7.65. The molecule has 2 rings (SSSR count). The zero-order valence-corrected chi connectivity index (χ0v) is 11.8. The van der Waals surface area contributed by atoms with E-state index in [1.165, 1.54) is 0 Å². The van der Waals surface area contributed by atoms with E-state index >= 15 is 0 Å². The minimum absolute atomic E-state index is 0.0400. The minimum atomic E-state index is -0.0400. The van der Waals surface area contributed by atoms with Crippen molar-refractivity contribution in [3.63, 3.8) is 0 Å². The molecule has 0 aliphatic carbocycles. The van der Waals surface area contributed by atoms with Crippen molar-refractivity contribution in [1.82, 2.24) is 19.7 Å². The number of hydrogen-bond donors (Lipinski definition) is 0. The number of rotatable bonds is 2. The summed E-state index contributed by atoms with van der Waals surface area (Å²) < 4.78 is 2.00. The smallest absolute Gasteiger partial charge is 0.147 e. The third kappa shape index (κ3) is 2.72. The average Bonchev–Trinajstić information content (AvgIpc) is 2.72. The van der Waals surface area contributed by atoms with Gasteiger partial charge in [0.1, 0.15) is 11.6 Å². The molecule has 0 spiro atoms. The number of thiazole rings is 1. The van der Waals surface area contributed by atoms with Crippen LogP contribution in [0.25, 0.3) is 0 Å². The minimum Gasteiger partial charge on any atom is -0.246 e. The van der Waals surface area contributed by atoms with Crippen molar-refractivity contribution in [2.45, 2.75) is 46.6 Å². The first-order valence-electron chi connectivity index (χ1n) is 5.70. The lowest BCUT2D eigenvalue weighted by Gasteiger charge is -2.20. The Labute approximate surface area is 106 Å². The van der Waals surface area contributed by atoms with Crippen LogP contribution in [0, 0.1) is 13.8 Å². The van der Waals surface area contributed by atoms with Gasteiger partial charge in [0.25, 0.3) is 0 Å². The molecular formula is C12H18N4S. The summed E-state index contributed by atoms with van der Waals surface area (Å²) in [4.78, 5) is 8.97. The van der Waals surface area contributed by atoms with Gasteiger partial charge >= 0.3 is 0 Å². The monoisotopic (exact) mass is 250 g/mol. The van der Waals surface area contributed by atoms with Gasteiger partial charge in [-0.15, -0.1) is 11.3 Å². The number of aromatic nitrogens is 4. The van der Waals surface area contributed by atoms with Gasteiger partial charge in [0.05, 0.1) is 22.7 Å². The van der Waals surface area contributed by atoms with Crippen LogP contribution >= 0.6 is 11.3 Å². The van der Waals surface area contributed by atoms with Crippen molar-refractivity contribution in [2.75, 3.05) is 0 Å². The molecule has 0 saturated carbocycles. The zero-order valence-electron chi connectivity index (χ0n) is 11.0. The lowest BCUT2D eigenvalue weighted by atomic mass is 10.1. The van der Waals surface area contributed by atoms with Gasteiger partial charge in [-0.1, -0.05) is 0 Å². The largest absolute Gasteiger partial charge is 0.246 e. The highest BCUT2D eigenvalue weighted by Crippen LogP contribution is 2.18. The van der Waals surface area contributed by atoms with Crippen LogP contribution in [0.1, 0.15) is 43.1 Å². The van der Waals surface area contributed by atoms with Gasteiger partial charge in [-0.3, -0.25) is 0 Å². The normalized spacial score (nSPS) is 12.1. The quantitative estimate of drug-likeness (QED) is 0.823. The Morgan fingerprint density at radius 1 is 1.24 bits per heavy atom. The first-order chi connectivity index (χ1) is 7.86. The fraction of sp³-hybridized carbons (Fsp3) is 0.583. The molecule has 0 aromatic carbocycles. The Balaban J connectivity index is 2.32. The van der Waals surface area contributed by atoms with Crippen LogP contribution in [0.4, 0.5) is 0 Å². The molecule has 2 aromatic rings. The van der Waals surface area contributed by atoms with Crippen molar-refractivity contribution >= 4 is 11.3 Å². The van der Waals surface area contributed by atoms with E-state index in [0.29, 0.717) is 0 Å². The second-order valence-electron chi connectivity index (χ2n) is 5.19. The zero-order chi connectivity index (χ0) is 12.6. The van der Waals surface area contributed by atoms with Crippen LogP contribution < -0.4 is 0 Å². The summed E-state index contributed by atoms with van der Waals surface area (Å²) in [6.45, 7) is 10.4. The van der Waals surface area contributed by atoms with Crippen molar-refractivity contribution in [1.29, 1.82) is 0 Å². The molecule has 5 heteroatoms. The lowest BCUT2D eigenvalue weighted by Crippen LogP contribution is -2.25. The first-order valence-corrected chi connectivity index (χ1v) is 6.58. The van der Waals surface area contributed by atoms with Gasteiger partial charge in [-0.05, 0) is 34.6 Å². The first kappa shape index (κ1) is 12.2. The molecule has 0 atom stereocenters. The van der Waals surface area contributed by atoms with Crippen LogP contribution in [0.5, 0.6) is 0 Å². The molecule has 2 heterocycles. The fourth-order valence-electron chi connectivity index (χ4n) is 1.76. The summed E-state index contributed by atoms with van der Waals surface area (Å²) in [5.74, 6) is 1.81. The topological polar surface area (TPSA) is 43.6 Å². The van der Waals surface area contributed by atoms with Crippen LogP contribution in [-0.2, 0) is 12.0 Å². The summed E-state index contributed by atoms with van der Waals surface area (Å²) in [6.07, 6.45) is 0.752. The molecule has 0 amide bonds. The second-order valence-corrected chi connectivity index (χ2v) is 6.25. The van der Waals surface area contributed by atoms with Crippen molar-refractivity contribution in [2.24, 2.45) is 0 Å². The molecule has 0 bridgehead atoms. The van der Waals surface area contributed by atoms with Gasteiger partial charge in [0, 0.05) is 5.38 Å². The van der Waals surface area contributed by atoms with Gasteiger partial charge in [-0.25, -0.2) is 14.6 Å². The van der Waals surface area contributed by atoms with E-state index in [2.05, 4.69) is 41.2 Å². The number of aryl methyl sites for hydroxylation is 2. The predicted molar refractivity (Wildman–Crippen MR) is 69.4 cm³/mol. The molecule has 0 aliphatic rings. The molecule has 17 heavy (non-hydrogen) atoms. The third-order valence-corrected chi connectivity index (χ3v) is 3.24. The van der Waals surface area contributed by atoms with Crippen molar-refractivity contribution in [3.8, 4) is 0 Å². The average molecular weight is 250 g/mol. The Kier molecular flexibility index (Phi) is 3.03. The lowest BCUT2D eigenvalue weighted by molar-refractivity contribution is 0.342. The molecular weight excluding hydrogens is 232 g/mol. The predicted octanol–water partition coefficient (Wildman–Crippen LogP) is 2.70. The van der Waals surface area contributed by atoms with E-state index in [4.69, 9.17) is 0 Å². The molecule has 4 nitrogen and oxygen atoms in total. The number of hydrogen-bond acceptors (Lipinski definition) is 4. The summed E-state index contributed by atoms with van der Waals surface area (Å²) in [5.41, 5.74) is 1.03. The van der Waals surface area contributed by atoms with Gasteiger partial charge in [0.2, 0.25) is 0 Å². The molecule has 0 unspecified atom stereocenters. The maximum absolute atomic E-state index is 4.50. The van der Waals surface area contributed by atoms with Crippen LogP contribution in [-0.4, -0.2) is 19.7 Å².